The molecule has 4 rings (SSSR count). The summed E-state index contributed by atoms with van der Waals surface area (Å²) >= 11 is 0. The van der Waals surface area contributed by atoms with Crippen LogP contribution in [0.4, 0.5) is 0 Å². The molecule has 0 bridgehead atoms. The predicted molar refractivity (Wildman–Crippen MR) is 102 cm³/mol. The van der Waals surface area contributed by atoms with Crippen LogP contribution in [0.2, 0.25) is 0 Å². The van der Waals surface area contributed by atoms with Crippen molar-refractivity contribution in [3.8, 4) is 11.3 Å². The summed E-state index contributed by atoms with van der Waals surface area (Å²) in [7, 11) is 0. The van der Waals surface area contributed by atoms with Gasteiger partial charge in [-0.2, -0.15) is 0 Å². The van der Waals surface area contributed by atoms with Gasteiger partial charge in [-0.1, -0.05) is 52.0 Å². The standard InChI is InChI=1S/C23H26O/c1-14(2)16-8-10-19-18(12-16)6-5-7-20-21-13-17(15(3)4)9-11-22(21)24-23(19)20/h8-15H,5-7H2,1-4H3. The molecule has 0 spiro atoms. The van der Waals surface area contributed by atoms with Crippen LogP contribution in [0.1, 0.15) is 68.2 Å². The van der Waals surface area contributed by atoms with Gasteiger partial charge in [0, 0.05) is 16.5 Å². The Bertz CT molecular complexity index is 896. The molecule has 1 aliphatic rings. The van der Waals surface area contributed by atoms with Gasteiger partial charge in [0.05, 0.1) is 0 Å². The topological polar surface area (TPSA) is 13.1 Å². The van der Waals surface area contributed by atoms with Crippen LogP contribution in [0.5, 0.6) is 0 Å². The lowest BCUT2D eigenvalue weighted by molar-refractivity contribution is 0.627. The van der Waals surface area contributed by atoms with Gasteiger partial charge in [-0.25, -0.2) is 0 Å². The molecule has 0 fully saturated rings. The quantitative estimate of drug-likeness (QED) is 0.504. The minimum atomic E-state index is 0.548. The summed E-state index contributed by atoms with van der Waals surface area (Å²) < 4.78 is 6.33. The number of rotatable bonds is 2. The predicted octanol–water partition coefficient (Wildman–Crippen LogP) is 6.84. The van der Waals surface area contributed by atoms with Crippen LogP contribution in [0.3, 0.4) is 0 Å². The van der Waals surface area contributed by atoms with Crippen LogP contribution in [-0.4, -0.2) is 0 Å². The van der Waals surface area contributed by atoms with Gasteiger partial charge in [0.2, 0.25) is 0 Å². The summed E-state index contributed by atoms with van der Waals surface area (Å²) in [6.07, 6.45) is 3.45. The Hall–Kier alpha value is -2.02. The second-order valence-corrected chi connectivity index (χ2v) is 7.74. The lowest BCUT2D eigenvalue weighted by atomic mass is 9.95. The maximum absolute atomic E-state index is 6.33. The van der Waals surface area contributed by atoms with E-state index >= 15 is 0 Å². The number of benzene rings is 2. The molecule has 1 nitrogen and oxygen atoms in total. The van der Waals surface area contributed by atoms with Gasteiger partial charge in [0.15, 0.2) is 0 Å². The highest BCUT2D eigenvalue weighted by atomic mass is 16.3. The summed E-state index contributed by atoms with van der Waals surface area (Å²) in [5.74, 6) is 2.22. The fraction of sp³-hybridized carbons (Fsp3) is 0.391. The van der Waals surface area contributed by atoms with Gasteiger partial charge in [0.25, 0.3) is 0 Å². The van der Waals surface area contributed by atoms with Crippen molar-refractivity contribution in [1.82, 2.24) is 0 Å². The maximum Gasteiger partial charge on any atom is 0.138 e. The molecule has 0 radical (unpaired) electrons. The van der Waals surface area contributed by atoms with E-state index in [4.69, 9.17) is 4.42 Å². The monoisotopic (exact) mass is 318 g/mol. The van der Waals surface area contributed by atoms with Gasteiger partial charge < -0.3 is 4.42 Å². The van der Waals surface area contributed by atoms with Crippen molar-refractivity contribution in [1.29, 1.82) is 0 Å². The molecule has 0 atom stereocenters. The molecule has 0 saturated heterocycles. The molecule has 0 amide bonds. The van der Waals surface area contributed by atoms with Crippen molar-refractivity contribution in [2.45, 2.75) is 58.8 Å². The van der Waals surface area contributed by atoms with E-state index in [0.29, 0.717) is 11.8 Å². The number of fused-ring (bicyclic) bond motifs is 5. The van der Waals surface area contributed by atoms with E-state index in [1.54, 1.807) is 0 Å². The molecule has 0 unspecified atom stereocenters. The van der Waals surface area contributed by atoms with E-state index in [1.807, 2.05) is 0 Å². The van der Waals surface area contributed by atoms with Crippen molar-refractivity contribution < 1.29 is 4.42 Å². The highest BCUT2D eigenvalue weighted by Crippen LogP contribution is 2.40. The lowest BCUT2D eigenvalue weighted by Gasteiger charge is -2.11. The Labute approximate surface area is 144 Å². The van der Waals surface area contributed by atoms with Crippen molar-refractivity contribution >= 4 is 11.0 Å². The summed E-state index contributed by atoms with van der Waals surface area (Å²) in [5.41, 5.74) is 8.01. The zero-order valence-electron chi connectivity index (χ0n) is 15.1. The molecule has 0 aliphatic heterocycles. The number of aryl methyl sites for hydroxylation is 2. The Morgan fingerprint density at radius 3 is 2.29 bits per heavy atom. The van der Waals surface area contributed by atoms with Gasteiger partial charge in [0.1, 0.15) is 11.3 Å². The molecule has 0 N–H and O–H groups in total. The Morgan fingerprint density at radius 2 is 1.54 bits per heavy atom. The van der Waals surface area contributed by atoms with Crippen LogP contribution in [-0.2, 0) is 12.8 Å². The number of hydrogen-bond acceptors (Lipinski definition) is 1. The molecule has 124 valence electrons. The first-order valence-electron chi connectivity index (χ1n) is 9.23. The van der Waals surface area contributed by atoms with Crippen LogP contribution in [0, 0.1) is 0 Å². The first-order valence-corrected chi connectivity index (χ1v) is 9.23. The summed E-state index contributed by atoms with van der Waals surface area (Å²) in [6, 6.07) is 13.6. The average molecular weight is 318 g/mol. The molecular weight excluding hydrogens is 292 g/mol. The SMILES string of the molecule is CC(C)c1ccc2c(c1)CCCc1c-2oc2ccc(C(C)C)cc12. The van der Waals surface area contributed by atoms with E-state index < -0.39 is 0 Å². The summed E-state index contributed by atoms with van der Waals surface area (Å²) in [5, 5.41) is 1.32. The van der Waals surface area contributed by atoms with E-state index in [2.05, 4.69) is 64.1 Å². The highest BCUT2D eigenvalue weighted by Gasteiger charge is 2.22. The van der Waals surface area contributed by atoms with Gasteiger partial charge in [-0.05, 0) is 59.9 Å². The molecule has 2 aromatic carbocycles. The summed E-state index contributed by atoms with van der Waals surface area (Å²) in [6.45, 7) is 9.03. The first-order chi connectivity index (χ1) is 11.5. The smallest absolute Gasteiger partial charge is 0.138 e. The lowest BCUT2D eigenvalue weighted by Crippen LogP contribution is -1.93. The van der Waals surface area contributed by atoms with Crippen LogP contribution >= 0.6 is 0 Å². The van der Waals surface area contributed by atoms with E-state index in [9.17, 15) is 0 Å². The van der Waals surface area contributed by atoms with Crippen molar-refractivity contribution in [3.05, 3.63) is 58.7 Å². The Morgan fingerprint density at radius 1 is 0.833 bits per heavy atom. The molecule has 1 heteroatoms. The molecule has 3 aromatic rings. The van der Waals surface area contributed by atoms with Crippen LogP contribution < -0.4 is 0 Å². The Kier molecular flexibility index (Phi) is 3.75. The normalized spacial score (nSPS) is 14.1. The molecule has 24 heavy (non-hydrogen) atoms. The van der Waals surface area contributed by atoms with Crippen LogP contribution in [0.15, 0.2) is 40.8 Å². The average Bonchev–Trinajstić information content (AvgIpc) is 2.82. The van der Waals surface area contributed by atoms with Gasteiger partial charge in [-0.3, -0.25) is 0 Å². The molecule has 1 aliphatic carbocycles. The maximum atomic E-state index is 6.33. The summed E-state index contributed by atoms with van der Waals surface area (Å²) in [4.78, 5) is 0. The minimum Gasteiger partial charge on any atom is -0.456 e. The highest BCUT2D eigenvalue weighted by molar-refractivity contribution is 5.89. The van der Waals surface area contributed by atoms with E-state index in [-0.39, 0.29) is 0 Å². The number of hydrogen-bond donors (Lipinski definition) is 0. The number of furan rings is 1. The molecule has 0 saturated carbocycles. The fourth-order valence-electron chi connectivity index (χ4n) is 3.85. The molecular formula is C23H26O. The third-order valence-corrected chi connectivity index (χ3v) is 5.39. The first kappa shape index (κ1) is 15.5. The van der Waals surface area contributed by atoms with Crippen molar-refractivity contribution in [3.63, 3.8) is 0 Å². The minimum absolute atomic E-state index is 0.548. The van der Waals surface area contributed by atoms with Crippen LogP contribution in [0.25, 0.3) is 22.3 Å². The third-order valence-electron chi connectivity index (χ3n) is 5.39. The molecule has 1 heterocycles. The fourth-order valence-corrected chi connectivity index (χ4v) is 3.85. The molecule has 1 aromatic heterocycles. The van der Waals surface area contributed by atoms with E-state index in [0.717, 1.165) is 24.2 Å². The second-order valence-electron chi connectivity index (χ2n) is 7.74. The third kappa shape index (κ3) is 2.47. The van der Waals surface area contributed by atoms with Crippen molar-refractivity contribution in [2.75, 3.05) is 0 Å². The van der Waals surface area contributed by atoms with Gasteiger partial charge >= 0.3 is 0 Å². The largest absolute Gasteiger partial charge is 0.456 e. The second kappa shape index (κ2) is 5.81. The van der Waals surface area contributed by atoms with Gasteiger partial charge in [-0.15, -0.1) is 0 Å². The zero-order valence-corrected chi connectivity index (χ0v) is 15.1. The van der Waals surface area contributed by atoms with E-state index in [1.165, 1.54) is 39.6 Å². The zero-order chi connectivity index (χ0) is 16.8. The Balaban J connectivity index is 1.92. The van der Waals surface area contributed by atoms with Crippen molar-refractivity contribution in [2.24, 2.45) is 0 Å².